The Hall–Kier alpha value is -2.57. The van der Waals surface area contributed by atoms with Crippen molar-refractivity contribution < 1.29 is 19.1 Å². The Labute approximate surface area is 140 Å². The van der Waals surface area contributed by atoms with Crippen LogP contribution in [0.2, 0.25) is 0 Å². The topological polar surface area (TPSA) is 79.0 Å². The lowest BCUT2D eigenvalue weighted by molar-refractivity contribution is -0.122. The summed E-state index contributed by atoms with van der Waals surface area (Å²) < 4.78 is 5.36. The van der Waals surface area contributed by atoms with Gasteiger partial charge in [0.15, 0.2) is 0 Å². The summed E-state index contributed by atoms with van der Waals surface area (Å²) in [5.74, 6) is -0.487. The molecule has 1 atom stereocenters. The van der Waals surface area contributed by atoms with Gasteiger partial charge in [0.2, 0.25) is 5.91 Å². The van der Waals surface area contributed by atoms with Crippen molar-refractivity contribution in [2.45, 2.75) is 32.4 Å². The van der Waals surface area contributed by atoms with E-state index in [0.29, 0.717) is 24.3 Å². The summed E-state index contributed by atoms with van der Waals surface area (Å²) in [5.41, 5.74) is 0.371. The van der Waals surface area contributed by atoms with Gasteiger partial charge in [-0.3, -0.25) is 9.59 Å². The van der Waals surface area contributed by atoms with Crippen LogP contribution in [0.25, 0.3) is 0 Å². The van der Waals surface area contributed by atoms with Crippen LogP contribution < -0.4 is 5.32 Å². The zero-order valence-electron chi connectivity index (χ0n) is 14.0. The van der Waals surface area contributed by atoms with Gasteiger partial charge in [-0.05, 0) is 32.9 Å². The number of rotatable bonds is 0. The minimum atomic E-state index is -0.717. The molecule has 0 saturated carbocycles. The molecule has 0 bridgehead atoms. The van der Waals surface area contributed by atoms with Gasteiger partial charge in [-0.2, -0.15) is 0 Å². The van der Waals surface area contributed by atoms with Crippen molar-refractivity contribution >= 4 is 23.6 Å². The molecule has 1 aromatic carbocycles. The highest BCUT2D eigenvalue weighted by Gasteiger charge is 2.41. The van der Waals surface area contributed by atoms with Crippen molar-refractivity contribution in [1.82, 2.24) is 9.80 Å². The van der Waals surface area contributed by atoms with Crippen LogP contribution in [0.3, 0.4) is 0 Å². The second kappa shape index (κ2) is 5.81. The molecule has 3 amide bonds. The maximum Gasteiger partial charge on any atom is 0.410 e. The number of fused-ring (bicyclic) bond motifs is 2. The van der Waals surface area contributed by atoms with Crippen LogP contribution in [0.15, 0.2) is 24.3 Å². The van der Waals surface area contributed by atoms with Crippen LogP contribution in [0, 0.1) is 0 Å². The van der Waals surface area contributed by atoms with E-state index < -0.39 is 17.7 Å². The van der Waals surface area contributed by atoms with Crippen molar-refractivity contribution in [2.24, 2.45) is 0 Å². The maximum absolute atomic E-state index is 12.7. The van der Waals surface area contributed by atoms with Gasteiger partial charge < -0.3 is 19.9 Å². The SMILES string of the molecule is CC(C)(C)OC(=O)N1CCN2C(=O)c3ccccc3NC(=O)C2C1. The summed E-state index contributed by atoms with van der Waals surface area (Å²) >= 11 is 0. The number of nitrogens with one attached hydrogen (secondary N) is 1. The third-order valence-electron chi connectivity index (χ3n) is 4.01. The number of anilines is 1. The number of benzene rings is 1. The summed E-state index contributed by atoms with van der Waals surface area (Å²) in [4.78, 5) is 40.5. The van der Waals surface area contributed by atoms with E-state index in [0.717, 1.165) is 0 Å². The molecule has 7 nitrogen and oxygen atoms in total. The van der Waals surface area contributed by atoms with E-state index in [9.17, 15) is 14.4 Å². The zero-order chi connectivity index (χ0) is 17.5. The van der Waals surface area contributed by atoms with Crippen molar-refractivity contribution in [1.29, 1.82) is 0 Å². The second-order valence-electron chi connectivity index (χ2n) is 6.98. The number of carbonyl (C=O) groups is 3. The van der Waals surface area contributed by atoms with Gasteiger partial charge in [-0.25, -0.2) is 4.79 Å². The fraction of sp³-hybridized carbons (Fsp3) is 0.471. The second-order valence-corrected chi connectivity index (χ2v) is 6.98. The third kappa shape index (κ3) is 3.06. The number of hydrogen-bond donors (Lipinski definition) is 1. The van der Waals surface area contributed by atoms with Crippen LogP contribution in [-0.2, 0) is 9.53 Å². The lowest BCUT2D eigenvalue weighted by Gasteiger charge is -2.39. The van der Waals surface area contributed by atoms with Crippen LogP contribution in [0.1, 0.15) is 31.1 Å². The van der Waals surface area contributed by atoms with Crippen LogP contribution in [0.5, 0.6) is 0 Å². The first-order valence-corrected chi connectivity index (χ1v) is 7.95. The number of nitrogens with zero attached hydrogens (tertiary/aromatic N) is 2. The molecule has 1 N–H and O–H groups in total. The molecule has 128 valence electrons. The summed E-state index contributed by atoms with van der Waals surface area (Å²) in [6, 6.07) is 6.21. The quantitative estimate of drug-likeness (QED) is 0.785. The molecule has 0 aliphatic carbocycles. The summed E-state index contributed by atoms with van der Waals surface area (Å²) in [6.45, 7) is 6.14. The molecule has 1 aromatic rings. The zero-order valence-corrected chi connectivity index (χ0v) is 14.0. The van der Waals surface area contributed by atoms with Crippen molar-refractivity contribution in [3.63, 3.8) is 0 Å². The van der Waals surface area contributed by atoms with E-state index in [4.69, 9.17) is 4.74 Å². The summed E-state index contributed by atoms with van der Waals surface area (Å²) in [5, 5.41) is 2.78. The largest absolute Gasteiger partial charge is 0.444 e. The molecule has 0 radical (unpaired) electrons. The first-order valence-electron chi connectivity index (χ1n) is 7.95. The van der Waals surface area contributed by atoms with Crippen LogP contribution in [0.4, 0.5) is 10.5 Å². The highest BCUT2D eigenvalue weighted by molar-refractivity contribution is 6.10. The van der Waals surface area contributed by atoms with Crippen molar-refractivity contribution in [3.05, 3.63) is 29.8 Å². The number of carbonyl (C=O) groups excluding carboxylic acids is 3. The van der Waals surface area contributed by atoms with Crippen molar-refractivity contribution in [2.75, 3.05) is 25.0 Å². The normalized spacial score (nSPS) is 20.7. The number of para-hydroxylation sites is 1. The maximum atomic E-state index is 12.7. The number of amides is 3. The first-order chi connectivity index (χ1) is 11.3. The molecular formula is C17H21N3O4. The van der Waals surface area contributed by atoms with E-state index in [2.05, 4.69) is 5.32 Å². The molecule has 2 aliphatic rings. The lowest BCUT2D eigenvalue weighted by atomic mass is 10.1. The van der Waals surface area contributed by atoms with Gasteiger partial charge in [0.1, 0.15) is 11.6 Å². The molecule has 24 heavy (non-hydrogen) atoms. The van der Waals surface area contributed by atoms with Gasteiger partial charge in [-0.15, -0.1) is 0 Å². The van der Waals surface area contributed by atoms with Crippen LogP contribution in [-0.4, -0.2) is 59.0 Å². The number of piperazine rings is 1. The highest BCUT2D eigenvalue weighted by Crippen LogP contribution is 2.25. The Morgan fingerprint density at radius 3 is 2.62 bits per heavy atom. The number of ether oxygens (including phenoxy) is 1. The molecule has 3 rings (SSSR count). The molecule has 2 aliphatic heterocycles. The third-order valence-corrected chi connectivity index (χ3v) is 4.01. The Morgan fingerprint density at radius 2 is 1.92 bits per heavy atom. The Bertz CT molecular complexity index is 695. The summed E-state index contributed by atoms with van der Waals surface area (Å²) in [6.07, 6.45) is -0.468. The van der Waals surface area contributed by atoms with E-state index in [-0.39, 0.29) is 18.4 Å². The average molecular weight is 331 g/mol. The lowest BCUT2D eigenvalue weighted by Crippen LogP contribution is -2.60. The van der Waals surface area contributed by atoms with Gasteiger partial charge >= 0.3 is 6.09 Å². The fourth-order valence-corrected chi connectivity index (χ4v) is 2.89. The molecule has 1 unspecified atom stereocenters. The molecule has 2 heterocycles. The Balaban J connectivity index is 1.82. The van der Waals surface area contributed by atoms with Gasteiger partial charge in [0.05, 0.1) is 17.8 Å². The monoisotopic (exact) mass is 331 g/mol. The molecule has 7 heteroatoms. The highest BCUT2D eigenvalue weighted by atomic mass is 16.6. The minimum Gasteiger partial charge on any atom is -0.444 e. The average Bonchev–Trinajstić information content (AvgIpc) is 2.62. The minimum absolute atomic E-state index is 0.125. The van der Waals surface area contributed by atoms with E-state index in [1.807, 2.05) is 0 Å². The first kappa shape index (κ1) is 16.3. The van der Waals surface area contributed by atoms with Gasteiger partial charge in [0, 0.05) is 13.1 Å². The van der Waals surface area contributed by atoms with E-state index >= 15 is 0 Å². The smallest absolute Gasteiger partial charge is 0.410 e. The fourth-order valence-electron chi connectivity index (χ4n) is 2.89. The Morgan fingerprint density at radius 1 is 1.21 bits per heavy atom. The van der Waals surface area contributed by atoms with Gasteiger partial charge in [-0.1, -0.05) is 12.1 Å². The summed E-state index contributed by atoms with van der Waals surface area (Å²) in [7, 11) is 0. The molecular weight excluding hydrogens is 310 g/mol. The van der Waals surface area contributed by atoms with Crippen LogP contribution >= 0.6 is 0 Å². The van der Waals surface area contributed by atoms with Gasteiger partial charge in [0.25, 0.3) is 5.91 Å². The predicted octanol–water partition coefficient (Wildman–Crippen LogP) is 1.70. The van der Waals surface area contributed by atoms with Crippen molar-refractivity contribution in [3.8, 4) is 0 Å². The Kier molecular flexibility index (Phi) is 3.95. The predicted molar refractivity (Wildman–Crippen MR) is 87.7 cm³/mol. The standard InChI is InChI=1S/C17H21N3O4/c1-17(2,3)24-16(23)19-8-9-20-13(10-19)14(21)18-12-7-5-4-6-11(12)15(20)22/h4-7,13H,8-10H2,1-3H3,(H,18,21). The molecule has 0 aromatic heterocycles. The van der Waals surface area contributed by atoms with E-state index in [1.165, 1.54) is 9.80 Å². The molecule has 1 fully saturated rings. The molecule has 1 saturated heterocycles. The molecule has 0 spiro atoms. The van der Waals surface area contributed by atoms with E-state index in [1.54, 1.807) is 45.0 Å². The number of hydrogen-bond acceptors (Lipinski definition) is 4.